The van der Waals surface area contributed by atoms with Crippen LogP contribution in [0.15, 0.2) is 0 Å². The smallest absolute Gasteiger partial charge is 0.207 e. The average Bonchev–Trinajstić information content (AvgIpc) is 2.11. The number of hydrogen-bond acceptors (Lipinski definition) is 1. The molecule has 2 nitrogen and oxygen atoms in total. The zero-order valence-electron chi connectivity index (χ0n) is 9.20. The van der Waals surface area contributed by atoms with Crippen molar-refractivity contribution in [3.05, 3.63) is 0 Å². The van der Waals surface area contributed by atoms with Crippen molar-refractivity contribution >= 4 is 6.41 Å². The Kier molecular flexibility index (Phi) is 2.80. The average molecular weight is 195 g/mol. The van der Waals surface area contributed by atoms with Crippen LogP contribution in [-0.4, -0.2) is 12.5 Å². The summed E-state index contributed by atoms with van der Waals surface area (Å²) < 4.78 is 0. The normalized spacial score (nSPS) is 47.1. The number of hydrogen-bond donors (Lipinski definition) is 1. The highest BCUT2D eigenvalue weighted by molar-refractivity contribution is 5.47. The van der Waals surface area contributed by atoms with Gasteiger partial charge in [-0.3, -0.25) is 4.79 Å². The third kappa shape index (κ3) is 1.79. The molecule has 2 heteroatoms. The van der Waals surface area contributed by atoms with Crippen molar-refractivity contribution in [2.24, 2.45) is 23.7 Å². The molecule has 0 radical (unpaired) electrons. The van der Waals surface area contributed by atoms with Crippen molar-refractivity contribution in [1.29, 1.82) is 0 Å². The van der Waals surface area contributed by atoms with E-state index in [9.17, 15) is 4.79 Å². The topological polar surface area (TPSA) is 29.1 Å². The first-order chi connectivity index (χ1) is 6.70. The lowest BCUT2D eigenvalue weighted by atomic mass is 9.63. The Morgan fingerprint density at radius 1 is 1.14 bits per heavy atom. The second-order valence-electron chi connectivity index (χ2n) is 5.46. The maximum absolute atomic E-state index is 10.6. The maximum atomic E-state index is 10.6. The summed E-state index contributed by atoms with van der Waals surface area (Å²) in [4.78, 5) is 10.6. The Bertz CT molecular complexity index is 212. The van der Waals surface area contributed by atoms with E-state index in [1.54, 1.807) is 0 Å². The van der Waals surface area contributed by atoms with Gasteiger partial charge < -0.3 is 5.32 Å². The fourth-order valence-corrected chi connectivity index (χ4v) is 3.80. The molecule has 0 aromatic carbocycles. The molecule has 5 atom stereocenters. The molecule has 0 heterocycles. The summed E-state index contributed by atoms with van der Waals surface area (Å²) in [7, 11) is 0. The fourth-order valence-electron chi connectivity index (χ4n) is 3.80. The number of nitrogens with one attached hydrogen (secondary N) is 1. The molecule has 1 amide bonds. The Morgan fingerprint density at radius 3 is 2.64 bits per heavy atom. The number of amides is 1. The third-order valence-electron chi connectivity index (χ3n) is 4.16. The lowest BCUT2D eigenvalue weighted by Crippen LogP contribution is -2.48. The van der Waals surface area contributed by atoms with Gasteiger partial charge in [0.1, 0.15) is 0 Å². The third-order valence-corrected chi connectivity index (χ3v) is 4.16. The molecule has 2 aliphatic rings. The summed E-state index contributed by atoms with van der Waals surface area (Å²) in [6.07, 6.45) is 6.27. The van der Waals surface area contributed by atoms with E-state index in [1.807, 2.05) is 0 Å². The molecule has 2 fully saturated rings. The summed E-state index contributed by atoms with van der Waals surface area (Å²) in [5.74, 6) is 3.22. The number of carbonyl (C=O) groups excluding carboxylic acids is 1. The lowest BCUT2D eigenvalue weighted by Gasteiger charge is -2.46. The van der Waals surface area contributed by atoms with Crippen molar-refractivity contribution in [3.8, 4) is 0 Å². The van der Waals surface area contributed by atoms with Crippen molar-refractivity contribution in [2.45, 2.75) is 45.6 Å². The van der Waals surface area contributed by atoms with Gasteiger partial charge in [-0.15, -0.1) is 0 Å². The summed E-state index contributed by atoms with van der Waals surface area (Å²) in [5, 5.41) is 3.03. The van der Waals surface area contributed by atoms with E-state index in [2.05, 4.69) is 19.2 Å². The van der Waals surface area contributed by atoms with E-state index in [-0.39, 0.29) is 0 Å². The van der Waals surface area contributed by atoms with Crippen LogP contribution in [0.1, 0.15) is 39.5 Å². The quantitative estimate of drug-likeness (QED) is 0.672. The highest BCUT2D eigenvalue weighted by Crippen LogP contribution is 2.44. The maximum Gasteiger partial charge on any atom is 0.207 e. The van der Waals surface area contributed by atoms with Crippen molar-refractivity contribution in [1.82, 2.24) is 5.32 Å². The molecule has 1 N–H and O–H groups in total. The second kappa shape index (κ2) is 3.92. The van der Waals surface area contributed by atoms with Crippen LogP contribution in [0.4, 0.5) is 0 Å². The molecule has 2 bridgehead atoms. The highest BCUT2D eigenvalue weighted by Gasteiger charge is 2.39. The fraction of sp³-hybridized carbons (Fsp3) is 0.917. The minimum absolute atomic E-state index is 0.450. The van der Waals surface area contributed by atoms with Gasteiger partial charge in [-0.2, -0.15) is 0 Å². The Labute approximate surface area is 86.5 Å². The van der Waals surface area contributed by atoms with Crippen molar-refractivity contribution < 1.29 is 4.79 Å². The Morgan fingerprint density at radius 2 is 1.93 bits per heavy atom. The molecule has 0 aromatic heterocycles. The molecule has 14 heavy (non-hydrogen) atoms. The number of fused-ring (bicyclic) bond motifs is 2. The van der Waals surface area contributed by atoms with E-state index in [4.69, 9.17) is 0 Å². The molecular weight excluding hydrogens is 174 g/mol. The van der Waals surface area contributed by atoms with Crippen molar-refractivity contribution in [3.63, 3.8) is 0 Å². The van der Waals surface area contributed by atoms with Gasteiger partial charge in [0, 0.05) is 6.04 Å². The van der Waals surface area contributed by atoms with Crippen LogP contribution in [0.25, 0.3) is 0 Å². The summed E-state index contributed by atoms with van der Waals surface area (Å²) in [6, 6.07) is 0.450. The van der Waals surface area contributed by atoms with E-state index < -0.39 is 0 Å². The summed E-state index contributed by atoms with van der Waals surface area (Å²) in [5.41, 5.74) is 0. The molecule has 2 saturated carbocycles. The lowest BCUT2D eigenvalue weighted by molar-refractivity contribution is -0.111. The highest BCUT2D eigenvalue weighted by atomic mass is 16.1. The van der Waals surface area contributed by atoms with Crippen LogP contribution in [0.3, 0.4) is 0 Å². The van der Waals surface area contributed by atoms with Crippen molar-refractivity contribution in [2.75, 3.05) is 0 Å². The first kappa shape index (κ1) is 10.0. The van der Waals surface area contributed by atoms with E-state index in [0.29, 0.717) is 12.0 Å². The molecule has 0 aromatic rings. The van der Waals surface area contributed by atoms with Gasteiger partial charge in [-0.25, -0.2) is 0 Å². The zero-order chi connectivity index (χ0) is 10.1. The molecular formula is C12H21NO. The number of rotatable bonds is 2. The minimum Gasteiger partial charge on any atom is -0.355 e. The Balaban J connectivity index is 2.06. The number of carbonyl (C=O) groups is 1. The van der Waals surface area contributed by atoms with Gasteiger partial charge in [-0.1, -0.05) is 13.8 Å². The zero-order valence-corrected chi connectivity index (χ0v) is 9.20. The largest absolute Gasteiger partial charge is 0.355 e. The first-order valence-corrected chi connectivity index (χ1v) is 5.90. The summed E-state index contributed by atoms with van der Waals surface area (Å²) in [6.45, 7) is 4.64. The molecule has 5 unspecified atom stereocenters. The van der Waals surface area contributed by atoms with Crippen LogP contribution < -0.4 is 5.32 Å². The first-order valence-electron chi connectivity index (χ1n) is 5.90. The molecule has 0 saturated heterocycles. The second-order valence-corrected chi connectivity index (χ2v) is 5.46. The van der Waals surface area contributed by atoms with E-state index in [1.165, 1.54) is 25.7 Å². The predicted molar refractivity (Wildman–Crippen MR) is 56.8 cm³/mol. The van der Waals surface area contributed by atoms with Crippen LogP contribution in [-0.2, 0) is 4.79 Å². The molecule has 2 aliphatic carbocycles. The monoisotopic (exact) mass is 195 g/mol. The minimum atomic E-state index is 0.450. The predicted octanol–water partition coefficient (Wildman–Crippen LogP) is 2.19. The van der Waals surface area contributed by atoms with Gasteiger partial charge in [0.15, 0.2) is 0 Å². The SMILES string of the molecule is CC1CC2CC(C)C(NC=O)C(C1)C2. The van der Waals surface area contributed by atoms with Gasteiger partial charge in [0.05, 0.1) is 0 Å². The van der Waals surface area contributed by atoms with Crippen LogP contribution in [0.2, 0.25) is 0 Å². The van der Waals surface area contributed by atoms with Gasteiger partial charge >= 0.3 is 0 Å². The summed E-state index contributed by atoms with van der Waals surface area (Å²) >= 11 is 0. The van der Waals surface area contributed by atoms with Gasteiger partial charge in [0.25, 0.3) is 0 Å². The van der Waals surface area contributed by atoms with Crippen LogP contribution in [0, 0.1) is 23.7 Å². The molecule has 2 rings (SSSR count). The molecule has 0 spiro atoms. The van der Waals surface area contributed by atoms with Crippen LogP contribution >= 0.6 is 0 Å². The molecule has 80 valence electrons. The van der Waals surface area contributed by atoms with Gasteiger partial charge in [-0.05, 0) is 49.4 Å². The standard InChI is InChI=1S/C12H21NO/c1-8-3-10-5-9(2)12(13-7-14)11(4-8)6-10/h7-12H,3-6H2,1-2H3,(H,13,14). The van der Waals surface area contributed by atoms with Gasteiger partial charge in [0.2, 0.25) is 6.41 Å². The molecule has 0 aliphatic heterocycles. The Hall–Kier alpha value is -0.530. The van der Waals surface area contributed by atoms with E-state index >= 15 is 0 Å². The van der Waals surface area contributed by atoms with Crippen LogP contribution in [0.5, 0.6) is 0 Å². The van der Waals surface area contributed by atoms with E-state index in [0.717, 1.165) is 24.2 Å².